The lowest BCUT2D eigenvalue weighted by Gasteiger charge is -2.17. The summed E-state index contributed by atoms with van der Waals surface area (Å²) in [6, 6.07) is 0. The third-order valence-electron chi connectivity index (χ3n) is 9.55. The van der Waals surface area contributed by atoms with Gasteiger partial charge in [0.1, 0.15) is 49.2 Å². The number of ether oxygens (including phenoxy) is 2. The van der Waals surface area contributed by atoms with Crippen LogP contribution in [0.4, 0.5) is 11.9 Å². The fourth-order valence-electron chi connectivity index (χ4n) is 6.37. The number of rotatable bonds is 7. The van der Waals surface area contributed by atoms with E-state index in [1.807, 2.05) is 76.2 Å². The Morgan fingerprint density at radius 1 is 0.726 bits per heavy atom. The van der Waals surface area contributed by atoms with Gasteiger partial charge in [-0.2, -0.15) is 15.0 Å². The highest BCUT2D eigenvalue weighted by Gasteiger charge is 2.25. The van der Waals surface area contributed by atoms with Crippen LogP contribution in [-0.2, 0) is 17.9 Å². The van der Waals surface area contributed by atoms with Crippen LogP contribution >= 0.6 is 23.2 Å². The average molecular weight is 912 g/mol. The zero-order chi connectivity index (χ0) is 46.1. The van der Waals surface area contributed by atoms with Crippen LogP contribution in [0, 0.1) is 56.0 Å². The van der Waals surface area contributed by atoms with Crippen LogP contribution in [0.5, 0.6) is 11.5 Å². The number of fused-ring (bicyclic) bond motifs is 2. The van der Waals surface area contributed by atoms with E-state index in [-0.39, 0.29) is 23.0 Å². The molecule has 0 fully saturated rings. The summed E-state index contributed by atoms with van der Waals surface area (Å²) in [4.78, 5) is 39.3. The number of aryl methyl sites for hydroxylation is 2. The SMILES string of the molecule is COc1c(C)cnc(Cn2cc(C#C[Si](C)(C)C)c3c(Cl)nc(N)nc32)c1C.COc1c(C)cnc(Cn2cc(C#C[Si](C)(C)C)c3c(Cl)nc(NC(=O)C(C)(C)C)nc32)c1C. The third kappa shape index (κ3) is 11.1. The molecule has 0 aromatic carbocycles. The van der Waals surface area contributed by atoms with Crippen molar-refractivity contribution >= 4 is 79.2 Å². The van der Waals surface area contributed by atoms with Gasteiger partial charge in [-0.05, 0) is 27.7 Å². The molecule has 326 valence electrons. The van der Waals surface area contributed by atoms with E-state index in [1.54, 1.807) is 20.4 Å². The quantitative estimate of drug-likeness (QED) is 0.0898. The number of hydrogen-bond donors (Lipinski definition) is 2. The Labute approximate surface area is 376 Å². The van der Waals surface area contributed by atoms with Crippen LogP contribution in [0.1, 0.15) is 65.5 Å². The lowest BCUT2D eigenvalue weighted by molar-refractivity contribution is -0.123. The van der Waals surface area contributed by atoms with Crippen molar-refractivity contribution in [1.29, 1.82) is 0 Å². The van der Waals surface area contributed by atoms with E-state index in [9.17, 15) is 4.79 Å². The summed E-state index contributed by atoms with van der Waals surface area (Å²) in [5, 5.41) is 4.73. The van der Waals surface area contributed by atoms with Gasteiger partial charge in [-0.3, -0.25) is 20.1 Å². The van der Waals surface area contributed by atoms with Crippen LogP contribution in [0.2, 0.25) is 49.6 Å². The minimum Gasteiger partial charge on any atom is -0.496 e. The van der Waals surface area contributed by atoms with E-state index in [4.69, 9.17) is 38.4 Å². The van der Waals surface area contributed by atoms with Gasteiger partial charge in [0.15, 0.2) is 0 Å². The average Bonchev–Trinajstić information content (AvgIpc) is 3.69. The normalized spacial score (nSPS) is 11.6. The largest absolute Gasteiger partial charge is 0.496 e. The molecule has 0 radical (unpaired) electrons. The maximum absolute atomic E-state index is 12.5. The number of aromatic nitrogens is 8. The van der Waals surface area contributed by atoms with Gasteiger partial charge in [0.2, 0.25) is 17.8 Å². The number of halogens is 2. The third-order valence-corrected chi connectivity index (χ3v) is 11.8. The first-order valence-electron chi connectivity index (χ1n) is 20.1. The molecule has 6 rings (SSSR count). The molecule has 0 spiro atoms. The minimum absolute atomic E-state index is 0.132. The number of nitrogens with zero attached hydrogens (tertiary/aromatic N) is 8. The van der Waals surface area contributed by atoms with Gasteiger partial charge in [-0.15, -0.1) is 11.1 Å². The van der Waals surface area contributed by atoms with Crippen LogP contribution < -0.4 is 20.5 Å². The molecule has 0 unspecified atom stereocenters. The van der Waals surface area contributed by atoms with E-state index >= 15 is 0 Å². The number of hydrogen-bond acceptors (Lipinski definition) is 10. The number of nitrogens with one attached hydrogen (secondary N) is 1. The molecule has 0 atom stereocenters. The number of methoxy groups -OCH3 is 2. The molecule has 3 N–H and O–H groups in total. The molecule has 0 saturated heterocycles. The fourth-order valence-corrected chi connectivity index (χ4v) is 7.93. The molecular weight excluding hydrogens is 856 g/mol. The van der Waals surface area contributed by atoms with Crippen LogP contribution in [0.3, 0.4) is 0 Å². The zero-order valence-corrected chi connectivity index (χ0v) is 41.9. The Kier molecular flexibility index (Phi) is 14.2. The molecule has 62 heavy (non-hydrogen) atoms. The zero-order valence-electron chi connectivity index (χ0n) is 38.4. The van der Waals surface area contributed by atoms with Gasteiger partial charge in [-0.1, -0.05) is 95.1 Å². The summed E-state index contributed by atoms with van der Waals surface area (Å²) >= 11 is 13.0. The Balaban J connectivity index is 0.000000238. The molecule has 17 heteroatoms. The number of nitrogen functional groups attached to an aromatic ring is 1. The predicted octanol–water partition coefficient (Wildman–Crippen LogP) is 9.33. The van der Waals surface area contributed by atoms with Crippen molar-refractivity contribution in [2.75, 3.05) is 25.3 Å². The van der Waals surface area contributed by atoms with E-state index < -0.39 is 21.6 Å². The molecule has 0 bridgehead atoms. The molecule has 0 aliphatic heterocycles. The first kappa shape index (κ1) is 47.6. The summed E-state index contributed by atoms with van der Waals surface area (Å²) in [7, 11) is 0.140. The maximum atomic E-state index is 12.5. The molecule has 0 aliphatic rings. The van der Waals surface area contributed by atoms with Gasteiger partial charge in [0.25, 0.3) is 0 Å². The fraction of sp³-hybridized carbons (Fsp3) is 0.400. The second kappa shape index (κ2) is 18.5. The van der Waals surface area contributed by atoms with Gasteiger partial charge in [0.05, 0.1) is 60.6 Å². The maximum Gasteiger partial charge on any atom is 0.232 e. The summed E-state index contributed by atoms with van der Waals surface area (Å²) < 4.78 is 15.0. The number of carbonyl (C=O) groups excluding carboxylic acids is 1. The summed E-state index contributed by atoms with van der Waals surface area (Å²) in [6.07, 6.45) is 7.50. The molecule has 6 aromatic heterocycles. The van der Waals surface area contributed by atoms with Crippen molar-refractivity contribution in [2.45, 2.75) is 101 Å². The minimum atomic E-state index is -1.63. The Morgan fingerprint density at radius 3 is 1.55 bits per heavy atom. The predicted molar refractivity (Wildman–Crippen MR) is 257 cm³/mol. The Morgan fingerprint density at radius 2 is 1.15 bits per heavy atom. The highest BCUT2D eigenvalue weighted by molar-refractivity contribution is 6.84. The standard InChI is InChI=1S/C25H32ClN5O2Si.C20H24ClN5OSi/c1-15-12-27-18(16(2)20(15)33-6)14-31-13-17(10-11-34(7,8)9)19-21(26)28-24(29-22(19)31)30-23(32)25(3,4)5;1-12-9-23-15(13(2)17(12)27-3)11-26-10-14(7-8-28(4,5)6)16-18(21)24-20(22)25-19(16)26/h12-13H,14H2,1-9H3,(H,28,29,30,32);9-10H,11H2,1-6H3,(H2,22,24,25). The van der Waals surface area contributed by atoms with Crippen LogP contribution in [0.15, 0.2) is 24.8 Å². The van der Waals surface area contributed by atoms with E-state index in [1.165, 1.54) is 0 Å². The first-order valence-corrected chi connectivity index (χ1v) is 27.8. The molecule has 0 saturated carbocycles. The van der Waals surface area contributed by atoms with Crippen molar-refractivity contribution in [3.8, 4) is 34.4 Å². The second-order valence-corrected chi connectivity index (χ2v) is 28.5. The van der Waals surface area contributed by atoms with Crippen molar-refractivity contribution in [3.05, 3.63) is 79.9 Å². The van der Waals surface area contributed by atoms with Crippen molar-refractivity contribution < 1.29 is 14.3 Å². The van der Waals surface area contributed by atoms with Crippen molar-refractivity contribution in [2.24, 2.45) is 5.41 Å². The lowest BCUT2D eigenvalue weighted by Crippen LogP contribution is -2.28. The molecule has 0 aliphatic carbocycles. The molecule has 13 nitrogen and oxygen atoms in total. The number of nitrogens with two attached hydrogens (primary N) is 1. The Bertz CT molecular complexity index is 2830. The van der Waals surface area contributed by atoms with Gasteiger partial charge < -0.3 is 24.3 Å². The molecule has 1 amide bonds. The number of amides is 1. The first-order chi connectivity index (χ1) is 28.8. The number of anilines is 2. The summed E-state index contributed by atoms with van der Waals surface area (Å²) in [6.45, 7) is 27.5. The number of pyridine rings is 2. The molecular formula is C45H56Cl2N10O3Si2. The van der Waals surface area contributed by atoms with E-state index in [0.717, 1.165) is 61.7 Å². The van der Waals surface area contributed by atoms with Crippen LogP contribution in [-0.4, -0.2) is 75.3 Å². The highest BCUT2D eigenvalue weighted by atomic mass is 35.5. The lowest BCUT2D eigenvalue weighted by atomic mass is 9.96. The van der Waals surface area contributed by atoms with Crippen molar-refractivity contribution in [1.82, 2.24) is 39.0 Å². The van der Waals surface area contributed by atoms with Crippen LogP contribution in [0.25, 0.3) is 22.1 Å². The smallest absolute Gasteiger partial charge is 0.232 e. The van der Waals surface area contributed by atoms with Crippen molar-refractivity contribution in [3.63, 3.8) is 0 Å². The molecule has 6 heterocycles. The molecule has 6 aromatic rings. The topological polar surface area (TPSA) is 161 Å². The summed E-state index contributed by atoms with van der Waals surface area (Å²) in [5.74, 6) is 8.33. The van der Waals surface area contributed by atoms with E-state index in [0.29, 0.717) is 34.9 Å². The second-order valence-electron chi connectivity index (χ2n) is 18.2. The van der Waals surface area contributed by atoms with Gasteiger partial charge >= 0.3 is 0 Å². The monoisotopic (exact) mass is 910 g/mol. The van der Waals surface area contributed by atoms with E-state index in [2.05, 4.69) is 97.4 Å². The Hall–Kier alpha value is -5.46. The summed E-state index contributed by atoms with van der Waals surface area (Å²) in [5.41, 5.74) is 20.5. The number of carbonyl (C=O) groups is 1. The van der Waals surface area contributed by atoms with Gasteiger partial charge in [-0.25, -0.2) is 4.98 Å². The highest BCUT2D eigenvalue weighted by Crippen LogP contribution is 2.32. The van der Waals surface area contributed by atoms with Gasteiger partial charge in [0, 0.05) is 52.5 Å².